The molecule has 7 heteroatoms. The summed E-state index contributed by atoms with van der Waals surface area (Å²) in [7, 11) is -3.89. The topological polar surface area (TPSA) is 69.4 Å². The molecule has 0 aliphatic carbocycles. The lowest BCUT2D eigenvalue weighted by molar-refractivity contribution is 0.322. The van der Waals surface area contributed by atoms with Gasteiger partial charge in [-0.2, -0.15) is 0 Å². The lowest BCUT2D eigenvalue weighted by atomic mass is 10.2. The van der Waals surface area contributed by atoms with Gasteiger partial charge in [-0.1, -0.05) is 28.8 Å². The van der Waals surface area contributed by atoms with Crippen molar-refractivity contribution < 1.29 is 13.2 Å². The summed E-state index contributed by atoms with van der Waals surface area (Å²) in [5.41, 5.74) is 0.971. The Kier molecular flexibility index (Phi) is 5.04. The van der Waals surface area contributed by atoms with Gasteiger partial charge in [0.25, 0.3) is 0 Å². The summed E-state index contributed by atoms with van der Waals surface area (Å²) in [6, 6.07) is 2.51. The smallest absolute Gasteiger partial charge is 0.239 e. The van der Waals surface area contributed by atoms with Crippen molar-refractivity contribution in [1.29, 1.82) is 0 Å². The molecule has 4 nitrogen and oxygen atoms in total. The van der Waals surface area contributed by atoms with E-state index in [1.165, 1.54) is 12.1 Å². The lowest BCUT2D eigenvalue weighted by Gasteiger charge is -2.10. The maximum absolute atomic E-state index is 11.2. The Morgan fingerprint density at radius 3 is 2.50 bits per heavy atom. The van der Waals surface area contributed by atoms with Crippen LogP contribution in [0.2, 0.25) is 10.0 Å². The van der Waals surface area contributed by atoms with Crippen LogP contribution in [-0.4, -0.2) is 15.0 Å². The van der Waals surface area contributed by atoms with Crippen molar-refractivity contribution in [2.75, 3.05) is 6.61 Å². The zero-order valence-corrected chi connectivity index (χ0v) is 12.1. The van der Waals surface area contributed by atoms with Gasteiger partial charge in [0, 0.05) is 12.5 Å². The van der Waals surface area contributed by atoms with E-state index in [-0.39, 0.29) is 14.9 Å². The molecule has 0 spiro atoms. The SMILES string of the molecule is C=C(C)CCOc1cc(Cl)c(S(N)(=O)=O)cc1Cl. The van der Waals surface area contributed by atoms with E-state index in [9.17, 15) is 8.42 Å². The number of rotatable bonds is 5. The van der Waals surface area contributed by atoms with Crippen LogP contribution in [0.1, 0.15) is 13.3 Å². The monoisotopic (exact) mass is 309 g/mol. The molecule has 18 heavy (non-hydrogen) atoms. The number of halogens is 2. The summed E-state index contributed by atoms with van der Waals surface area (Å²) in [5, 5.41) is 5.12. The van der Waals surface area contributed by atoms with Crippen molar-refractivity contribution in [3.8, 4) is 5.75 Å². The second-order valence-electron chi connectivity index (χ2n) is 3.81. The number of primary sulfonamides is 1. The van der Waals surface area contributed by atoms with Gasteiger partial charge in [-0.25, -0.2) is 13.6 Å². The second kappa shape index (κ2) is 5.93. The average molecular weight is 310 g/mol. The molecule has 1 aromatic rings. The van der Waals surface area contributed by atoms with Crippen molar-refractivity contribution >= 4 is 33.2 Å². The molecule has 100 valence electrons. The van der Waals surface area contributed by atoms with E-state index in [1.54, 1.807) is 0 Å². The molecule has 1 rings (SSSR count). The maximum Gasteiger partial charge on any atom is 0.239 e. The molecular formula is C11H13Cl2NO3S. The zero-order valence-electron chi connectivity index (χ0n) is 9.74. The van der Waals surface area contributed by atoms with Gasteiger partial charge in [-0.3, -0.25) is 0 Å². The highest BCUT2D eigenvalue weighted by Crippen LogP contribution is 2.33. The van der Waals surface area contributed by atoms with Gasteiger partial charge in [-0.15, -0.1) is 6.58 Å². The first kappa shape index (κ1) is 15.3. The number of ether oxygens (including phenoxy) is 1. The molecule has 1 aromatic carbocycles. The fourth-order valence-corrected chi connectivity index (χ4v) is 2.55. The average Bonchev–Trinajstić information content (AvgIpc) is 2.20. The highest BCUT2D eigenvalue weighted by molar-refractivity contribution is 7.89. The molecule has 0 fully saturated rings. The number of sulfonamides is 1. The van der Waals surface area contributed by atoms with E-state index in [2.05, 4.69) is 6.58 Å². The van der Waals surface area contributed by atoms with Gasteiger partial charge < -0.3 is 4.74 Å². The van der Waals surface area contributed by atoms with Crippen LogP contribution >= 0.6 is 23.2 Å². The van der Waals surface area contributed by atoms with E-state index in [4.69, 9.17) is 33.1 Å². The minimum absolute atomic E-state index is 0.0211. The predicted octanol–water partition coefficient (Wildman–Crippen LogP) is 2.99. The minimum Gasteiger partial charge on any atom is -0.492 e. The molecule has 0 atom stereocenters. The fourth-order valence-electron chi connectivity index (χ4n) is 1.17. The van der Waals surface area contributed by atoms with E-state index < -0.39 is 10.0 Å². The third-order valence-electron chi connectivity index (χ3n) is 2.08. The standard InChI is InChI=1S/C11H13Cl2NO3S/c1-7(2)3-4-17-10-5-9(13)11(6-8(10)12)18(14,15)16/h5-6H,1,3-4H2,2H3,(H2,14,15,16). The van der Waals surface area contributed by atoms with Gasteiger partial charge in [0.15, 0.2) is 0 Å². The minimum atomic E-state index is -3.89. The lowest BCUT2D eigenvalue weighted by Crippen LogP contribution is -2.13. The Balaban J connectivity index is 2.97. The molecule has 0 saturated heterocycles. The number of hydrogen-bond donors (Lipinski definition) is 1. The van der Waals surface area contributed by atoms with Crippen molar-refractivity contribution in [1.82, 2.24) is 0 Å². The molecule has 0 aliphatic rings. The first-order valence-corrected chi connectivity index (χ1v) is 7.31. The third kappa shape index (κ3) is 4.17. The van der Waals surface area contributed by atoms with Crippen LogP contribution in [0.4, 0.5) is 0 Å². The maximum atomic E-state index is 11.2. The van der Waals surface area contributed by atoms with Gasteiger partial charge in [0.05, 0.1) is 16.7 Å². The predicted molar refractivity (Wildman–Crippen MR) is 72.8 cm³/mol. The number of hydrogen-bond acceptors (Lipinski definition) is 3. The van der Waals surface area contributed by atoms with E-state index in [1.807, 2.05) is 6.92 Å². The summed E-state index contributed by atoms with van der Waals surface area (Å²) in [4.78, 5) is -0.221. The molecule has 0 unspecified atom stereocenters. The Morgan fingerprint density at radius 1 is 1.39 bits per heavy atom. The molecule has 0 aromatic heterocycles. The van der Waals surface area contributed by atoms with Crippen LogP contribution in [0, 0.1) is 0 Å². The summed E-state index contributed by atoms with van der Waals surface area (Å²) in [5.74, 6) is 0.315. The normalized spacial score (nSPS) is 11.3. The molecular weight excluding hydrogens is 297 g/mol. The van der Waals surface area contributed by atoms with E-state index in [0.717, 1.165) is 5.57 Å². The van der Waals surface area contributed by atoms with Crippen LogP contribution in [0.5, 0.6) is 5.75 Å². The molecule has 0 heterocycles. The number of nitrogens with two attached hydrogens (primary N) is 1. The largest absolute Gasteiger partial charge is 0.492 e. The van der Waals surface area contributed by atoms with E-state index >= 15 is 0 Å². The van der Waals surface area contributed by atoms with E-state index in [0.29, 0.717) is 18.8 Å². The third-order valence-corrected chi connectivity index (χ3v) is 3.75. The molecule has 0 amide bonds. The van der Waals surface area contributed by atoms with Crippen LogP contribution in [0.3, 0.4) is 0 Å². The fraction of sp³-hybridized carbons (Fsp3) is 0.273. The van der Waals surface area contributed by atoms with Crippen LogP contribution < -0.4 is 9.88 Å². The number of benzene rings is 1. The summed E-state index contributed by atoms with van der Waals surface area (Å²) in [6.45, 7) is 6.00. The quantitative estimate of drug-likeness (QED) is 0.850. The zero-order chi connectivity index (χ0) is 13.9. The molecule has 0 saturated carbocycles. The summed E-state index contributed by atoms with van der Waals surface area (Å²) < 4.78 is 27.8. The molecule has 2 N–H and O–H groups in total. The van der Waals surface area contributed by atoms with Gasteiger partial charge in [0.1, 0.15) is 10.6 Å². The van der Waals surface area contributed by atoms with Crippen molar-refractivity contribution in [3.63, 3.8) is 0 Å². The van der Waals surface area contributed by atoms with Crippen molar-refractivity contribution in [2.24, 2.45) is 5.14 Å². The van der Waals surface area contributed by atoms with Crippen LogP contribution in [0.15, 0.2) is 29.2 Å². The Bertz CT molecular complexity index is 570. The Morgan fingerprint density at radius 2 is 2.00 bits per heavy atom. The van der Waals surface area contributed by atoms with Gasteiger partial charge in [0.2, 0.25) is 10.0 Å². The first-order valence-electron chi connectivity index (χ1n) is 5.01. The molecule has 0 bridgehead atoms. The van der Waals surface area contributed by atoms with Gasteiger partial charge in [-0.05, 0) is 13.0 Å². The summed E-state index contributed by atoms with van der Waals surface area (Å²) >= 11 is 11.7. The Labute approximate surface area is 116 Å². The van der Waals surface area contributed by atoms with Crippen molar-refractivity contribution in [2.45, 2.75) is 18.2 Å². The van der Waals surface area contributed by atoms with Gasteiger partial charge >= 0.3 is 0 Å². The second-order valence-corrected chi connectivity index (χ2v) is 6.16. The van der Waals surface area contributed by atoms with Crippen molar-refractivity contribution in [3.05, 3.63) is 34.3 Å². The highest BCUT2D eigenvalue weighted by atomic mass is 35.5. The summed E-state index contributed by atoms with van der Waals surface area (Å²) in [6.07, 6.45) is 0.672. The molecule has 0 radical (unpaired) electrons. The van der Waals surface area contributed by atoms with Crippen LogP contribution in [-0.2, 0) is 10.0 Å². The molecule has 0 aliphatic heterocycles. The van der Waals surface area contributed by atoms with Crippen LogP contribution in [0.25, 0.3) is 0 Å². The highest BCUT2D eigenvalue weighted by Gasteiger charge is 2.16. The first-order chi connectivity index (χ1) is 8.21. The Hall–Kier alpha value is -0.750.